The molecular weight excluding hydrogens is 362 g/mol. The fourth-order valence-electron chi connectivity index (χ4n) is 3.36. The Morgan fingerprint density at radius 1 is 1.29 bits per heavy atom. The van der Waals surface area contributed by atoms with Crippen LogP contribution in [-0.4, -0.2) is 91.6 Å². The molecule has 0 aromatic heterocycles. The zero-order chi connectivity index (χ0) is 20.7. The Bertz CT molecular complexity index is 640. The Kier molecular flexibility index (Phi) is 8.50. The SMILES string of the molecule is COc1cc(CN2C[C@H](O)C[C@@H](NC(C)=O)[C@H](O)C2)ccc1OCCN(C)C. The van der Waals surface area contributed by atoms with Gasteiger partial charge in [-0.1, -0.05) is 6.07 Å². The molecule has 0 saturated carbocycles. The molecule has 0 bridgehead atoms. The molecule has 28 heavy (non-hydrogen) atoms. The monoisotopic (exact) mass is 395 g/mol. The van der Waals surface area contributed by atoms with Gasteiger partial charge >= 0.3 is 0 Å². The zero-order valence-electron chi connectivity index (χ0n) is 17.2. The molecule has 3 N–H and O–H groups in total. The van der Waals surface area contributed by atoms with Crippen molar-refractivity contribution < 1.29 is 24.5 Å². The van der Waals surface area contributed by atoms with E-state index in [0.717, 1.165) is 12.1 Å². The number of carbonyl (C=O) groups is 1. The number of methoxy groups -OCH3 is 1. The topological polar surface area (TPSA) is 94.5 Å². The number of likely N-dealkylation sites (N-methyl/N-ethyl adjacent to an activating group) is 1. The summed E-state index contributed by atoms with van der Waals surface area (Å²) >= 11 is 0. The number of aliphatic hydroxyl groups excluding tert-OH is 2. The third kappa shape index (κ3) is 6.94. The van der Waals surface area contributed by atoms with Crippen LogP contribution < -0.4 is 14.8 Å². The zero-order valence-corrected chi connectivity index (χ0v) is 17.2. The lowest BCUT2D eigenvalue weighted by molar-refractivity contribution is -0.120. The minimum Gasteiger partial charge on any atom is -0.493 e. The number of rotatable bonds is 8. The summed E-state index contributed by atoms with van der Waals surface area (Å²) in [7, 11) is 5.59. The first-order valence-corrected chi connectivity index (χ1v) is 9.58. The number of aliphatic hydroxyl groups is 2. The number of amides is 1. The molecule has 1 aliphatic rings. The second-order valence-corrected chi connectivity index (χ2v) is 7.59. The number of nitrogens with zero attached hydrogens (tertiary/aromatic N) is 2. The Hall–Kier alpha value is -1.87. The first-order chi connectivity index (χ1) is 13.3. The van der Waals surface area contributed by atoms with Gasteiger partial charge in [0.25, 0.3) is 0 Å². The van der Waals surface area contributed by atoms with Gasteiger partial charge < -0.3 is 29.9 Å². The Balaban J connectivity index is 2.02. The van der Waals surface area contributed by atoms with Crippen molar-refractivity contribution >= 4 is 5.91 Å². The molecule has 158 valence electrons. The molecule has 1 aromatic carbocycles. The summed E-state index contributed by atoms with van der Waals surface area (Å²) in [5.41, 5.74) is 0.995. The van der Waals surface area contributed by atoms with Crippen molar-refractivity contribution in [1.29, 1.82) is 0 Å². The minimum atomic E-state index is -0.739. The normalized spacial score (nSPS) is 23.3. The maximum absolute atomic E-state index is 11.3. The molecule has 8 nitrogen and oxygen atoms in total. The molecule has 0 aliphatic carbocycles. The highest BCUT2D eigenvalue weighted by atomic mass is 16.5. The van der Waals surface area contributed by atoms with Crippen LogP contribution in [0.4, 0.5) is 0 Å². The molecule has 1 aromatic rings. The molecule has 1 aliphatic heterocycles. The molecular formula is C20H33N3O5. The van der Waals surface area contributed by atoms with E-state index < -0.39 is 18.2 Å². The van der Waals surface area contributed by atoms with Gasteiger partial charge in [-0.15, -0.1) is 0 Å². The van der Waals surface area contributed by atoms with Crippen LogP contribution in [0.1, 0.15) is 18.9 Å². The average molecular weight is 396 g/mol. The summed E-state index contributed by atoms with van der Waals surface area (Å²) in [6.07, 6.45) is -1.03. The Morgan fingerprint density at radius 2 is 2.04 bits per heavy atom. The third-order valence-corrected chi connectivity index (χ3v) is 4.72. The molecule has 0 radical (unpaired) electrons. The number of likely N-dealkylation sites (tertiary alicyclic amines) is 1. The standard InChI is InChI=1S/C20H33N3O5/c1-14(24)21-17-10-16(25)12-23(13-18(17)26)11-15-5-6-19(20(9-15)27-4)28-8-7-22(2)3/h5-6,9,16-18,25-26H,7-8,10-13H2,1-4H3,(H,21,24)/t16-,17-,18-/m1/s1. The lowest BCUT2D eigenvalue weighted by atomic mass is 10.1. The van der Waals surface area contributed by atoms with Crippen LogP contribution in [0.15, 0.2) is 18.2 Å². The highest BCUT2D eigenvalue weighted by molar-refractivity contribution is 5.73. The van der Waals surface area contributed by atoms with Crippen molar-refractivity contribution in [1.82, 2.24) is 15.1 Å². The van der Waals surface area contributed by atoms with Crippen molar-refractivity contribution in [2.75, 3.05) is 47.4 Å². The fourth-order valence-corrected chi connectivity index (χ4v) is 3.36. The van der Waals surface area contributed by atoms with Gasteiger partial charge in [-0.2, -0.15) is 0 Å². The van der Waals surface area contributed by atoms with E-state index in [1.54, 1.807) is 7.11 Å². The molecule has 1 saturated heterocycles. The second kappa shape index (κ2) is 10.6. The molecule has 8 heteroatoms. The number of carbonyl (C=O) groups excluding carboxylic acids is 1. The second-order valence-electron chi connectivity index (χ2n) is 7.59. The number of β-amino-alcohol motifs (C(OH)–C–C–N with tert-alkyl or cyclic N) is 2. The van der Waals surface area contributed by atoms with Crippen LogP contribution >= 0.6 is 0 Å². The van der Waals surface area contributed by atoms with Gasteiger partial charge in [0.05, 0.1) is 25.4 Å². The smallest absolute Gasteiger partial charge is 0.217 e. The maximum Gasteiger partial charge on any atom is 0.217 e. The molecule has 2 rings (SSSR count). The van der Waals surface area contributed by atoms with E-state index in [-0.39, 0.29) is 5.91 Å². The average Bonchev–Trinajstić information content (AvgIpc) is 2.73. The predicted molar refractivity (Wildman–Crippen MR) is 107 cm³/mol. The summed E-state index contributed by atoms with van der Waals surface area (Å²) in [5, 5.41) is 23.4. The van der Waals surface area contributed by atoms with Gasteiger partial charge in [0, 0.05) is 33.1 Å². The van der Waals surface area contributed by atoms with Crippen LogP contribution in [0, 0.1) is 0 Å². The lowest BCUT2D eigenvalue weighted by Crippen LogP contribution is -2.45. The highest BCUT2D eigenvalue weighted by Gasteiger charge is 2.30. The van der Waals surface area contributed by atoms with Gasteiger partial charge in [0.15, 0.2) is 11.5 Å². The molecule has 0 unspecified atom stereocenters. The van der Waals surface area contributed by atoms with Crippen molar-refractivity contribution in [3.8, 4) is 11.5 Å². The first-order valence-electron chi connectivity index (χ1n) is 9.58. The summed E-state index contributed by atoms with van der Waals surface area (Å²) in [6.45, 7) is 4.13. The van der Waals surface area contributed by atoms with E-state index >= 15 is 0 Å². The Morgan fingerprint density at radius 3 is 2.68 bits per heavy atom. The molecule has 0 spiro atoms. The molecule has 1 amide bonds. The minimum absolute atomic E-state index is 0.209. The largest absolute Gasteiger partial charge is 0.493 e. The van der Waals surface area contributed by atoms with Crippen molar-refractivity contribution in [3.05, 3.63) is 23.8 Å². The summed E-state index contributed by atoms with van der Waals surface area (Å²) in [6, 6.07) is 5.32. The summed E-state index contributed by atoms with van der Waals surface area (Å²) < 4.78 is 11.2. The van der Waals surface area contributed by atoms with Crippen LogP contribution in [0.3, 0.4) is 0 Å². The number of hydrogen-bond acceptors (Lipinski definition) is 7. The number of benzene rings is 1. The lowest BCUT2D eigenvalue weighted by Gasteiger charge is -2.25. The molecule has 1 fully saturated rings. The van der Waals surface area contributed by atoms with Crippen LogP contribution in [-0.2, 0) is 11.3 Å². The van der Waals surface area contributed by atoms with E-state index in [4.69, 9.17) is 9.47 Å². The van der Waals surface area contributed by atoms with E-state index in [1.165, 1.54) is 6.92 Å². The van der Waals surface area contributed by atoms with Crippen molar-refractivity contribution in [2.45, 2.75) is 38.1 Å². The summed E-state index contributed by atoms with van der Waals surface area (Å²) in [5.74, 6) is 1.14. The third-order valence-electron chi connectivity index (χ3n) is 4.72. The highest BCUT2D eigenvalue weighted by Crippen LogP contribution is 2.29. The van der Waals surface area contributed by atoms with Gasteiger partial charge in [0.2, 0.25) is 5.91 Å². The van der Waals surface area contributed by atoms with E-state index in [1.807, 2.05) is 42.1 Å². The number of hydrogen-bond donors (Lipinski definition) is 3. The number of nitrogens with one attached hydrogen (secondary N) is 1. The van der Waals surface area contributed by atoms with E-state index in [0.29, 0.717) is 44.2 Å². The van der Waals surface area contributed by atoms with E-state index in [2.05, 4.69) is 5.32 Å². The van der Waals surface area contributed by atoms with Gasteiger partial charge in [-0.3, -0.25) is 9.69 Å². The quantitative estimate of drug-likeness (QED) is 0.573. The van der Waals surface area contributed by atoms with Gasteiger partial charge in [0.1, 0.15) is 6.61 Å². The maximum atomic E-state index is 11.3. The Labute approximate surface area is 167 Å². The number of ether oxygens (including phenoxy) is 2. The van der Waals surface area contributed by atoms with Crippen LogP contribution in [0.5, 0.6) is 11.5 Å². The van der Waals surface area contributed by atoms with Gasteiger partial charge in [-0.05, 0) is 38.2 Å². The fraction of sp³-hybridized carbons (Fsp3) is 0.650. The molecule has 3 atom stereocenters. The predicted octanol–water partition coefficient (Wildman–Crippen LogP) is 0.0678. The summed E-state index contributed by atoms with van der Waals surface area (Å²) in [4.78, 5) is 15.3. The first kappa shape index (κ1) is 22.4. The molecule has 1 heterocycles. The van der Waals surface area contributed by atoms with E-state index in [9.17, 15) is 15.0 Å². The van der Waals surface area contributed by atoms with Crippen LogP contribution in [0.2, 0.25) is 0 Å². The van der Waals surface area contributed by atoms with Crippen molar-refractivity contribution in [2.24, 2.45) is 0 Å². The van der Waals surface area contributed by atoms with Crippen LogP contribution in [0.25, 0.3) is 0 Å². The van der Waals surface area contributed by atoms with Crippen molar-refractivity contribution in [3.63, 3.8) is 0 Å². The van der Waals surface area contributed by atoms with Gasteiger partial charge in [-0.25, -0.2) is 0 Å².